The Hall–Kier alpha value is -3.77. The van der Waals surface area contributed by atoms with Gasteiger partial charge in [-0.2, -0.15) is 18.3 Å². The third kappa shape index (κ3) is 7.65. The van der Waals surface area contributed by atoms with E-state index in [0.717, 1.165) is 32.8 Å². The van der Waals surface area contributed by atoms with Crippen LogP contribution < -0.4 is 0 Å². The van der Waals surface area contributed by atoms with Gasteiger partial charge in [-0.25, -0.2) is 19.1 Å². The lowest BCUT2D eigenvalue weighted by Crippen LogP contribution is -2.41. The summed E-state index contributed by atoms with van der Waals surface area (Å²) in [5.74, 6) is -2.39. The first-order valence-corrected chi connectivity index (χ1v) is 15.7. The molecule has 2 aromatic carbocycles. The van der Waals surface area contributed by atoms with Crippen molar-refractivity contribution < 1.29 is 32.6 Å². The molecule has 0 atom stereocenters. The summed E-state index contributed by atoms with van der Waals surface area (Å²) in [6.45, 7) is 4.67. The van der Waals surface area contributed by atoms with Gasteiger partial charge in [0.25, 0.3) is 0 Å². The maximum absolute atomic E-state index is 11.9. The van der Waals surface area contributed by atoms with Crippen LogP contribution in [0.5, 0.6) is 0 Å². The van der Waals surface area contributed by atoms with E-state index in [1.165, 1.54) is 63.6 Å². The number of nitrogens with zero attached hydrogens (tertiary/aromatic N) is 4. The number of imidazole rings is 1. The minimum absolute atomic E-state index is 0.304. The Morgan fingerprint density at radius 1 is 0.955 bits per heavy atom. The van der Waals surface area contributed by atoms with Crippen LogP contribution in [0.15, 0.2) is 54.7 Å². The summed E-state index contributed by atoms with van der Waals surface area (Å²) in [6.07, 6.45) is 6.47. The van der Waals surface area contributed by atoms with Gasteiger partial charge < -0.3 is 14.7 Å². The minimum Gasteiger partial charge on any atom is -0.475 e. The number of aromatic nitrogens is 3. The molecule has 1 aliphatic heterocycles. The molecule has 44 heavy (non-hydrogen) atoms. The normalized spacial score (nSPS) is 16.8. The van der Waals surface area contributed by atoms with Crippen LogP contribution in [0.25, 0.3) is 26.8 Å². The smallest absolute Gasteiger partial charge is 0.475 e. The highest BCUT2D eigenvalue weighted by Crippen LogP contribution is 2.34. The summed E-state index contributed by atoms with van der Waals surface area (Å²) in [7, 11) is 0. The number of likely N-dealkylation sites (tertiary alicyclic amines) is 1. The number of aliphatic carboxylic acids is 1. The fraction of sp³-hybridized carbons (Fsp3) is 0.438. The molecule has 1 N–H and O–H groups in total. The van der Waals surface area contributed by atoms with Crippen LogP contribution in [0.3, 0.4) is 0 Å². The molecule has 2 aromatic heterocycles. The number of halogens is 3. The Bertz CT molecular complexity index is 1520. The number of esters is 1. The number of fused-ring (bicyclic) bond motifs is 1. The van der Waals surface area contributed by atoms with Crippen LogP contribution in [0, 0.1) is 0 Å². The highest BCUT2D eigenvalue weighted by Gasteiger charge is 2.38. The highest BCUT2D eigenvalue weighted by molar-refractivity contribution is 7.19. The molecule has 2 aliphatic rings. The van der Waals surface area contributed by atoms with Gasteiger partial charge in [-0.1, -0.05) is 67.0 Å². The molecule has 6 rings (SSSR count). The summed E-state index contributed by atoms with van der Waals surface area (Å²) in [6, 6.07) is 17.2. The van der Waals surface area contributed by atoms with Crippen molar-refractivity contribution in [2.45, 2.75) is 70.0 Å². The number of benzene rings is 2. The van der Waals surface area contributed by atoms with E-state index in [0.29, 0.717) is 18.1 Å². The predicted molar refractivity (Wildman–Crippen MR) is 162 cm³/mol. The molecule has 3 heterocycles. The van der Waals surface area contributed by atoms with Gasteiger partial charge in [-0.05, 0) is 69.3 Å². The molecular formula is C32H35F3N4O4S. The first-order chi connectivity index (χ1) is 21.1. The Balaban J connectivity index is 0.000000493. The van der Waals surface area contributed by atoms with E-state index in [9.17, 15) is 18.0 Å². The second-order valence-corrected chi connectivity index (χ2v) is 12.0. The average molecular weight is 629 g/mol. The quantitative estimate of drug-likeness (QED) is 0.222. The number of carbonyl (C=O) groups excluding carboxylic acids is 1. The van der Waals surface area contributed by atoms with Gasteiger partial charge >= 0.3 is 18.1 Å². The Morgan fingerprint density at radius 2 is 1.57 bits per heavy atom. The summed E-state index contributed by atoms with van der Waals surface area (Å²) < 4.78 is 38.7. The molecule has 0 unspecified atom stereocenters. The van der Waals surface area contributed by atoms with Crippen molar-refractivity contribution in [3.63, 3.8) is 0 Å². The third-order valence-corrected chi connectivity index (χ3v) is 9.20. The second kappa shape index (κ2) is 13.9. The molecular weight excluding hydrogens is 593 g/mol. The maximum atomic E-state index is 11.9. The zero-order chi connectivity index (χ0) is 31.3. The Labute approximate surface area is 257 Å². The van der Waals surface area contributed by atoms with Crippen molar-refractivity contribution in [1.82, 2.24) is 19.5 Å². The number of hydrogen-bond acceptors (Lipinski definition) is 7. The van der Waals surface area contributed by atoms with Crippen molar-refractivity contribution in [1.29, 1.82) is 0 Å². The molecule has 12 heteroatoms. The van der Waals surface area contributed by atoms with Gasteiger partial charge in [0.1, 0.15) is 5.01 Å². The zero-order valence-electron chi connectivity index (χ0n) is 24.4. The minimum atomic E-state index is -5.08. The molecule has 0 spiro atoms. The van der Waals surface area contributed by atoms with Gasteiger partial charge in [-0.15, -0.1) is 0 Å². The van der Waals surface area contributed by atoms with Crippen molar-refractivity contribution in [2.24, 2.45) is 0 Å². The third-order valence-electron chi connectivity index (χ3n) is 8.23. The number of carbonyl (C=O) groups is 2. The van der Waals surface area contributed by atoms with Crippen molar-refractivity contribution in [3.05, 3.63) is 65.9 Å². The predicted octanol–water partition coefficient (Wildman–Crippen LogP) is 7.45. The van der Waals surface area contributed by atoms with Gasteiger partial charge in [0.05, 0.1) is 24.1 Å². The van der Waals surface area contributed by atoms with Crippen molar-refractivity contribution >= 4 is 28.2 Å². The van der Waals surface area contributed by atoms with E-state index < -0.39 is 12.1 Å². The summed E-state index contributed by atoms with van der Waals surface area (Å²) in [4.78, 5) is 29.2. The van der Waals surface area contributed by atoms with Crippen LogP contribution in [0.1, 0.15) is 73.7 Å². The molecule has 0 amide bonds. The molecule has 8 nitrogen and oxygen atoms in total. The number of carboxylic acids is 1. The molecule has 2 fully saturated rings. The number of piperidine rings is 1. The van der Waals surface area contributed by atoms with E-state index in [-0.39, 0.29) is 5.97 Å². The molecule has 1 saturated heterocycles. The SMILES string of the molecule is CCOC(=O)c1ccc(-c2cn3nc(-c4ccc(C5CCN(C6CCCCC6)CC5)cc4)sc3n2)cc1.O=C(O)C(F)(F)F. The number of ether oxygens (including phenoxy) is 1. The topological polar surface area (TPSA) is 97.0 Å². The first-order valence-electron chi connectivity index (χ1n) is 14.9. The van der Waals surface area contributed by atoms with E-state index in [4.69, 9.17) is 24.7 Å². The zero-order valence-corrected chi connectivity index (χ0v) is 25.2. The Morgan fingerprint density at radius 3 is 2.14 bits per heavy atom. The lowest BCUT2D eigenvalue weighted by Gasteiger charge is -2.39. The van der Waals surface area contributed by atoms with Gasteiger partial charge in [-0.3, -0.25) is 0 Å². The standard InChI is InChI=1S/C30H34N4O2S.C2HF3O2/c1-2-36-29(35)25-14-10-23(11-15-25)27-20-34-30(31-27)37-28(32-34)24-12-8-21(9-13-24)22-16-18-33(19-17-22)26-6-4-3-5-7-26;3-2(4,5)1(6)7/h8-15,20,22,26H,2-7,16-19H2,1H3;(H,6,7). The van der Waals surface area contributed by atoms with Crippen LogP contribution in [-0.4, -0.2) is 68.5 Å². The van der Waals surface area contributed by atoms with E-state index in [1.54, 1.807) is 30.4 Å². The molecule has 0 radical (unpaired) electrons. The van der Waals surface area contributed by atoms with E-state index in [2.05, 4.69) is 29.2 Å². The van der Waals surface area contributed by atoms with Gasteiger partial charge in [0.2, 0.25) is 4.96 Å². The highest BCUT2D eigenvalue weighted by atomic mass is 32.1. The molecule has 234 valence electrons. The van der Waals surface area contributed by atoms with E-state index >= 15 is 0 Å². The molecule has 1 aliphatic carbocycles. The number of hydrogen-bond donors (Lipinski definition) is 1. The average Bonchev–Trinajstić information content (AvgIpc) is 3.62. The number of alkyl halides is 3. The van der Waals surface area contributed by atoms with Crippen LogP contribution in [-0.2, 0) is 9.53 Å². The molecule has 0 bridgehead atoms. The first kappa shape index (κ1) is 31.6. The molecule has 1 saturated carbocycles. The summed E-state index contributed by atoms with van der Waals surface area (Å²) >= 11 is 1.60. The fourth-order valence-corrected chi connectivity index (χ4v) is 6.78. The second-order valence-electron chi connectivity index (χ2n) is 11.1. The summed E-state index contributed by atoms with van der Waals surface area (Å²) in [5.41, 5.74) is 4.94. The maximum Gasteiger partial charge on any atom is 0.490 e. The lowest BCUT2D eigenvalue weighted by molar-refractivity contribution is -0.192. The number of carboxylic acid groups (broad SMARTS) is 1. The van der Waals surface area contributed by atoms with Crippen molar-refractivity contribution in [2.75, 3.05) is 19.7 Å². The van der Waals surface area contributed by atoms with Crippen LogP contribution in [0.2, 0.25) is 0 Å². The molecule has 4 aromatic rings. The van der Waals surface area contributed by atoms with Crippen LogP contribution >= 0.6 is 11.3 Å². The van der Waals surface area contributed by atoms with Gasteiger partial charge in [0.15, 0.2) is 0 Å². The Kier molecular flexibility index (Phi) is 10.00. The summed E-state index contributed by atoms with van der Waals surface area (Å²) in [5, 5.41) is 12.9. The lowest BCUT2D eigenvalue weighted by atomic mass is 9.86. The van der Waals surface area contributed by atoms with Crippen LogP contribution in [0.4, 0.5) is 13.2 Å². The monoisotopic (exact) mass is 628 g/mol. The fourth-order valence-electron chi connectivity index (χ4n) is 5.89. The van der Waals surface area contributed by atoms with Crippen molar-refractivity contribution in [3.8, 4) is 21.8 Å². The van der Waals surface area contributed by atoms with Gasteiger partial charge in [0, 0.05) is 17.2 Å². The largest absolute Gasteiger partial charge is 0.490 e. The number of rotatable bonds is 6. The van der Waals surface area contributed by atoms with E-state index in [1.807, 2.05) is 22.8 Å².